The second-order valence-electron chi connectivity index (χ2n) is 7.89. The van der Waals surface area contributed by atoms with E-state index in [4.69, 9.17) is 4.74 Å². The van der Waals surface area contributed by atoms with E-state index in [-0.39, 0.29) is 36.5 Å². The maximum absolute atomic E-state index is 11.8. The lowest BCUT2D eigenvalue weighted by Crippen LogP contribution is -2.49. The Balaban J connectivity index is 0.00000576. The molecule has 0 amide bonds. The molecular weight excluding hydrogens is 431 g/mol. The van der Waals surface area contributed by atoms with Crippen LogP contribution in [0.15, 0.2) is 4.99 Å². The van der Waals surface area contributed by atoms with Crippen LogP contribution in [0.4, 0.5) is 0 Å². The molecule has 6 nitrogen and oxygen atoms in total. The maximum atomic E-state index is 11.8. The summed E-state index contributed by atoms with van der Waals surface area (Å²) in [6.45, 7) is 16.3. The van der Waals surface area contributed by atoms with Crippen LogP contribution in [0.3, 0.4) is 0 Å². The molecule has 0 aromatic carbocycles. The molecule has 0 aromatic heterocycles. The van der Waals surface area contributed by atoms with Crippen LogP contribution in [0.1, 0.15) is 54.4 Å². The van der Waals surface area contributed by atoms with Crippen molar-refractivity contribution in [2.75, 3.05) is 32.7 Å². The van der Waals surface area contributed by atoms with Crippen LogP contribution in [-0.2, 0) is 9.53 Å². The third kappa shape index (κ3) is 11.6. The highest BCUT2D eigenvalue weighted by atomic mass is 127. The van der Waals surface area contributed by atoms with Crippen LogP contribution in [0.5, 0.6) is 0 Å². The summed E-state index contributed by atoms with van der Waals surface area (Å²) in [5.41, 5.74) is -0.471. The average Bonchev–Trinajstić information content (AvgIpc) is 2.44. The van der Waals surface area contributed by atoms with Gasteiger partial charge in [-0.1, -0.05) is 13.8 Å². The highest BCUT2D eigenvalue weighted by Gasteiger charge is 2.21. The van der Waals surface area contributed by atoms with Crippen molar-refractivity contribution in [3.8, 4) is 0 Å². The van der Waals surface area contributed by atoms with E-state index in [9.17, 15) is 4.79 Å². The van der Waals surface area contributed by atoms with Gasteiger partial charge in [0.05, 0.1) is 0 Å². The summed E-state index contributed by atoms with van der Waals surface area (Å²) in [7, 11) is 0. The lowest BCUT2D eigenvalue weighted by atomic mass is 10.0. The van der Waals surface area contributed by atoms with E-state index in [0.717, 1.165) is 32.5 Å². The fraction of sp³-hybridized carbons (Fsp3) is 0.889. The van der Waals surface area contributed by atoms with Crippen molar-refractivity contribution in [3.05, 3.63) is 0 Å². The molecule has 0 aliphatic carbocycles. The van der Waals surface area contributed by atoms with Crippen molar-refractivity contribution in [1.29, 1.82) is 0 Å². The Labute approximate surface area is 170 Å². The van der Waals surface area contributed by atoms with Crippen molar-refractivity contribution in [3.63, 3.8) is 0 Å². The monoisotopic (exact) mass is 468 g/mol. The van der Waals surface area contributed by atoms with Crippen molar-refractivity contribution in [2.45, 2.75) is 66.0 Å². The third-order valence-electron chi connectivity index (χ3n) is 3.68. The zero-order chi connectivity index (χ0) is 18.2. The molecule has 0 atom stereocenters. The summed E-state index contributed by atoms with van der Waals surface area (Å²) in [6.07, 6.45) is 2.20. The first-order valence-corrected chi connectivity index (χ1v) is 9.18. The van der Waals surface area contributed by atoms with Crippen LogP contribution >= 0.6 is 24.0 Å². The topological polar surface area (TPSA) is 66.0 Å². The van der Waals surface area contributed by atoms with Gasteiger partial charge in [0.1, 0.15) is 12.1 Å². The minimum absolute atomic E-state index is 0. The largest absolute Gasteiger partial charge is 0.459 e. The van der Waals surface area contributed by atoms with Crippen molar-refractivity contribution in [1.82, 2.24) is 15.5 Å². The zero-order valence-electron chi connectivity index (χ0n) is 16.7. The first kappa shape index (κ1) is 24.4. The highest BCUT2D eigenvalue weighted by molar-refractivity contribution is 14.0. The van der Waals surface area contributed by atoms with Crippen molar-refractivity contribution < 1.29 is 9.53 Å². The lowest BCUT2D eigenvalue weighted by molar-refractivity contribution is -0.152. The highest BCUT2D eigenvalue weighted by Crippen LogP contribution is 2.12. The van der Waals surface area contributed by atoms with Crippen molar-refractivity contribution in [2.24, 2.45) is 10.9 Å². The van der Waals surface area contributed by atoms with Gasteiger partial charge in [0.25, 0.3) is 0 Å². The quantitative estimate of drug-likeness (QED) is 0.272. The molecule has 0 radical (unpaired) electrons. The number of aliphatic imine (C=N–C) groups is 1. The van der Waals surface area contributed by atoms with E-state index in [1.165, 1.54) is 6.54 Å². The number of rotatable bonds is 6. The number of ether oxygens (including phenoxy) is 1. The molecule has 0 bridgehead atoms. The molecule has 1 aliphatic rings. The Bertz CT molecular complexity index is 414. The van der Waals surface area contributed by atoms with Gasteiger partial charge in [0.15, 0.2) is 5.96 Å². The number of piperidine rings is 1. The van der Waals surface area contributed by atoms with E-state index in [2.05, 4.69) is 34.4 Å². The van der Waals surface area contributed by atoms with Crippen molar-refractivity contribution >= 4 is 35.9 Å². The molecule has 1 heterocycles. The summed E-state index contributed by atoms with van der Waals surface area (Å²) >= 11 is 0. The molecule has 0 unspecified atom stereocenters. The first-order valence-electron chi connectivity index (χ1n) is 9.18. The molecule has 148 valence electrons. The second-order valence-corrected chi connectivity index (χ2v) is 7.89. The standard InChI is InChI=1S/C18H36N4O2.HI/c1-7-19-17(20-12-16(23)24-18(4,5)6)21-15-8-10-22(11-9-15)13-14(2)3;/h14-15H,7-13H2,1-6H3,(H2,19,20,21);1H. The Morgan fingerprint density at radius 1 is 1.28 bits per heavy atom. The smallest absolute Gasteiger partial charge is 0.328 e. The van der Waals surface area contributed by atoms with E-state index in [0.29, 0.717) is 17.9 Å². The van der Waals surface area contributed by atoms with Gasteiger partial charge in [-0.2, -0.15) is 0 Å². The Morgan fingerprint density at radius 2 is 1.88 bits per heavy atom. The number of carbonyl (C=O) groups is 1. The normalized spacial score (nSPS) is 17.2. The molecule has 1 saturated heterocycles. The SMILES string of the molecule is CCNC(=NCC(=O)OC(C)(C)C)NC1CCN(CC(C)C)CC1.I. The summed E-state index contributed by atoms with van der Waals surface area (Å²) in [4.78, 5) is 18.7. The predicted molar refractivity (Wildman–Crippen MR) is 115 cm³/mol. The molecule has 25 heavy (non-hydrogen) atoms. The number of halogens is 1. The molecule has 1 aliphatic heterocycles. The Kier molecular flexibility index (Phi) is 11.7. The fourth-order valence-corrected chi connectivity index (χ4v) is 2.81. The van der Waals surface area contributed by atoms with Crippen LogP contribution in [-0.4, -0.2) is 61.2 Å². The summed E-state index contributed by atoms with van der Waals surface area (Å²) < 4.78 is 5.30. The number of guanidine groups is 1. The van der Waals surface area contributed by atoms with Gasteiger partial charge in [-0.15, -0.1) is 24.0 Å². The van der Waals surface area contributed by atoms with Gasteiger partial charge in [0, 0.05) is 32.2 Å². The number of hydrogen-bond donors (Lipinski definition) is 2. The average molecular weight is 468 g/mol. The van der Waals surface area contributed by atoms with Crippen LogP contribution in [0, 0.1) is 5.92 Å². The summed E-state index contributed by atoms with van der Waals surface area (Å²) in [6, 6.07) is 0.407. The van der Waals surface area contributed by atoms with Gasteiger partial charge < -0.3 is 20.3 Å². The third-order valence-corrected chi connectivity index (χ3v) is 3.68. The number of hydrogen-bond acceptors (Lipinski definition) is 4. The molecule has 0 spiro atoms. The van der Waals surface area contributed by atoms with E-state index < -0.39 is 5.60 Å². The maximum Gasteiger partial charge on any atom is 0.328 e. The lowest BCUT2D eigenvalue weighted by Gasteiger charge is -2.34. The molecule has 7 heteroatoms. The van der Waals surface area contributed by atoms with E-state index >= 15 is 0 Å². The number of esters is 1. The van der Waals surface area contributed by atoms with E-state index in [1.807, 2.05) is 27.7 Å². The van der Waals surface area contributed by atoms with Crippen LogP contribution in [0.25, 0.3) is 0 Å². The molecule has 0 saturated carbocycles. The number of nitrogens with one attached hydrogen (secondary N) is 2. The number of nitrogens with zero attached hydrogens (tertiary/aromatic N) is 2. The second kappa shape index (κ2) is 11.9. The molecular formula is C18H37IN4O2. The molecule has 2 N–H and O–H groups in total. The predicted octanol–water partition coefficient (Wildman–Crippen LogP) is 2.62. The minimum Gasteiger partial charge on any atom is -0.459 e. The first-order chi connectivity index (χ1) is 11.2. The van der Waals surface area contributed by atoms with Gasteiger partial charge >= 0.3 is 5.97 Å². The van der Waals surface area contributed by atoms with Crippen LogP contribution in [0.2, 0.25) is 0 Å². The van der Waals surface area contributed by atoms with Crippen LogP contribution < -0.4 is 10.6 Å². The fourth-order valence-electron chi connectivity index (χ4n) is 2.81. The van der Waals surface area contributed by atoms with Gasteiger partial charge in [-0.25, -0.2) is 4.99 Å². The summed E-state index contributed by atoms with van der Waals surface area (Å²) in [5, 5.41) is 6.66. The Morgan fingerprint density at radius 3 is 2.36 bits per heavy atom. The van der Waals surface area contributed by atoms with Gasteiger partial charge in [-0.05, 0) is 46.5 Å². The number of likely N-dealkylation sites (tertiary alicyclic amines) is 1. The Hall–Kier alpha value is -0.570. The summed E-state index contributed by atoms with van der Waals surface area (Å²) in [5.74, 6) is 1.11. The minimum atomic E-state index is -0.471. The molecule has 0 aromatic rings. The van der Waals surface area contributed by atoms with Gasteiger partial charge in [0.2, 0.25) is 0 Å². The van der Waals surface area contributed by atoms with Gasteiger partial charge in [-0.3, -0.25) is 4.79 Å². The number of carbonyl (C=O) groups excluding carboxylic acids is 1. The molecule has 1 fully saturated rings. The zero-order valence-corrected chi connectivity index (χ0v) is 19.1. The molecule has 1 rings (SSSR count). The van der Waals surface area contributed by atoms with E-state index in [1.54, 1.807) is 0 Å².